The number of anilines is 3. The molecule has 1 heterocycles. The Morgan fingerprint density at radius 2 is 0.938 bits per heavy atom. The van der Waals surface area contributed by atoms with Crippen molar-refractivity contribution in [1.29, 1.82) is 0 Å². The normalized spacial score (nSPS) is 11.3. The van der Waals surface area contributed by atoms with Gasteiger partial charge in [0.15, 0.2) is 0 Å². The summed E-state index contributed by atoms with van der Waals surface area (Å²) in [6.07, 6.45) is 0. The van der Waals surface area contributed by atoms with E-state index < -0.39 is 0 Å². The molecule has 0 fully saturated rings. The fraction of sp³-hybridized carbons (Fsp3) is 0. The van der Waals surface area contributed by atoms with Gasteiger partial charge < -0.3 is 4.90 Å². The van der Waals surface area contributed by atoms with E-state index in [-0.39, 0.29) is 0 Å². The molecular weight excluding hydrogens is 599 g/mol. The Hall–Kier alpha value is -5.96. The van der Waals surface area contributed by atoms with Crippen LogP contribution in [0.4, 0.5) is 17.1 Å². The van der Waals surface area contributed by atoms with Crippen LogP contribution in [-0.2, 0) is 0 Å². The van der Waals surface area contributed by atoms with Gasteiger partial charge in [0.25, 0.3) is 0 Å². The zero-order chi connectivity index (χ0) is 31.9. The second-order valence-corrected chi connectivity index (χ2v) is 13.2. The van der Waals surface area contributed by atoms with E-state index in [9.17, 15) is 0 Å². The van der Waals surface area contributed by atoms with E-state index in [1.165, 1.54) is 70.0 Å². The highest BCUT2D eigenvalue weighted by molar-refractivity contribution is 7.26. The van der Waals surface area contributed by atoms with E-state index in [0.717, 1.165) is 11.4 Å². The van der Waals surface area contributed by atoms with Crippen molar-refractivity contribution in [2.75, 3.05) is 4.90 Å². The summed E-state index contributed by atoms with van der Waals surface area (Å²) < 4.78 is 2.59. The third-order valence-corrected chi connectivity index (χ3v) is 10.4. The first-order chi connectivity index (χ1) is 23.8. The largest absolute Gasteiger partial charge is 0.309 e. The first-order valence-electron chi connectivity index (χ1n) is 16.4. The first kappa shape index (κ1) is 28.3. The third-order valence-electron chi connectivity index (χ3n) is 9.27. The van der Waals surface area contributed by atoms with Crippen LogP contribution in [0.1, 0.15) is 0 Å². The van der Waals surface area contributed by atoms with E-state index >= 15 is 0 Å². The predicted molar refractivity (Wildman–Crippen MR) is 208 cm³/mol. The molecule has 8 aromatic carbocycles. The topological polar surface area (TPSA) is 3.24 Å². The van der Waals surface area contributed by atoms with Crippen LogP contribution in [0.5, 0.6) is 0 Å². The average Bonchev–Trinajstić information content (AvgIpc) is 3.55. The molecule has 2 heteroatoms. The Labute approximate surface area is 284 Å². The predicted octanol–water partition coefficient (Wildman–Crippen LogP) is 13.7. The molecule has 1 aromatic heterocycles. The molecule has 0 amide bonds. The highest BCUT2D eigenvalue weighted by Crippen LogP contribution is 2.48. The Morgan fingerprint density at radius 3 is 1.83 bits per heavy atom. The molecule has 0 radical (unpaired) electrons. The quantitative estimate of drug-likeness (QED) is 0.177. The van der Waals surface area contributed by atoms with Crippen LogP contribution in [0.25, 0.3) is 64.3 Å². The summed E-state index contributed by atoms with van der Waals surface area (Å²) in [5.74, 6) is 0. The molecule has 0 saturated heterocycles. The molecule has 0 aliphatic heterocycles. The summed E-state index contributed by atoms with van der Waals surface area (Å²) in [4.78, 5) is 2.47. The van der Waals surface area contributed by atoms with Gasteiger partial charge in [-0.3, -0.25) is 0 Å². The van der Waals surface area contributed by atoms with Crippen LogP contribution in [0.3, 0.4) is 0 Å². The molecule has 226 valence electrons. The number of thiophene rings is 1. The molecule has 0 aliphatic carbocycles. The Kier molecular flexibility index (Phi) is 7.07. The van der Waals surface area contributed by atoms with Crippen LogP contribution in [-0.4, -0.2) is 0 Å². The molecule has 0 bridgehead atoms. The fourth-order valence-corrected chi connectivity index (χ4v) is 8.15. The van der Waals surface area contributed by atoms with Crippen molar-refractivity contribution in [3.05, 3.63) is 188 Å². The molecule has 0 N–H and O–H groups in total. The van der Waals surface area contributed by atoms with E-state index in [2.05, 4.69) is 193 Å². The number of rotatable bonds is 6. The van der Waals surface area contributed by atoms with Crippen molar-refractivity contribution in [1.82, 2.24) is 0 Å². The second-order valence-electron chi connectivity index (χ2n) is 12.1. The molecule has 9 rings (SSSR count). The van der Waals surface area contributed by atoms with E-state index in [1.807, 2.05) is 11.3 Å². The summed E-state index contributed by atoms with van der Waals surface area (Å²) >= 11 is 1.86. The zero-order valence-corrected chi connectivity index (χ0v) is 27.1. The lowest BCUT2D eigenvalue weighted by molar-refractivity contribution is 1.30. The molecule has 0 saturated carbocycles. The van der Waals surface area contributed by atoms with Crippen molar-refractivity contribution < 1.29 is 0 Å². The van der Waals surface area contributed by atoms with Gasteiger partial charge in [-0.2, -0.15) is 0 Å². The molecule has 0 aliphatic rings. The number of para-hydroxylation sites is 1. The van der Waals surface area contributed by atoms with Crippen LogP contribution in [0.15, 0.2) is 188 Å². The van der Waals surface area contributed by atoms with Gasteiger partial charge in [-0.15, -0.1) is 11.3 Å². The highest BCUT2D eigenvalue weighted by atomic mass is 32.1. The molecule has 0 atom stereocenters. The Bertz CT molecular complexity index is 2560. The summed E-state index contributed by atoms with van der Waals surface area (Å²) in [7, 11) is 0. The maximum absolute atomic E-state index is 2.47. The summed E-state index contributed by atoms with van der Waals surface area (Å²) in [6, 6.07) is 68.2. The van der Waals surface area contributed by atoms with E-state index in [1.54, 1.807) is 0 Å². The van der Waals surface area contributed by atoms with Gasteiger partial charge in [-0.1, -0.05) is 152 Å². The van der Waals surface area contributed by atoms with Crippen LogP contribution < -0.4 is 4.90 Å². The van der Waals surface area contributed by atoms with Gasteiger partial charge in [0, 0.05) is 31.4 Å². The number of hydrogen-bond donors (Lipinski definition) is 0. The number of benzene rings is 8. The van der Waals surface area contributed by atoms with Gasteiger partial charge in [-0.25, -0.2) is 0 Å². The van der Waals surface area contributed by atoms with Gasteiger partial charge in [0.1, 0.15) is 0 Å². The maximum atomic E-state index is 2.47. The van der Waals surface area contributed by atoms with Crippen molar-refractivity contribution >= 4 is 59.3 Å². The lowest BCUT2D eigenvalue weighted by atomic mass is 9.96. The summed E-state index contributed by atoms with van der Waals surface area (Å²) in [6.45, 7) is 0. The number of hydrogen-bond acceptors (Lipinski definition) is 2. The highest BCUT2D eigenvalue weighted by Gasteiger charge is 2.21. The van der Waals surface area contributed by atoms with Gasteiger partial charge in [-0.05, 0) is 75.0 Å². The molecule has 0 unspecified atom stereocenters. The molecule has 1 nitrogen and oxygen atoms in total. The third kappa shape index (κ3) is 4.95. The Balaban J connectivity index is 1.27. The molecule has 48 heavy (non-hydrogen) atoms. The standard InChI is InChI=1S/C46H31NS/c1-2-13-32(14-3-1)33-27-29-35(30-28-33)40-20-6-8-23-42(40)47(43-24-12-26-45-46(43)41-21-7-9-25-44(41)48-45)37-18-10-17-36(31-37)39-22-11-16-34-15-4-5-19-38(34)39/h1-31H. The SMILES string of the molecule is c1ccc(-c2ccc(-c3ccccc3N(c3cccc(-c4cccc5ccccc45)c3)c3cccc4sc5ccccc5c34)cc2)cc1. The molecule has 0 spiro atoms. The average molecular weight is 630 g/mol. The molecule has 9 aromatic rings. The zero-order valence-electron chi connectivity index (χ0n) is 26.3. The maximum Gasteiger partial charge on any atom is 0.0555 e. The number of nitrogens with zero attached hydrogens (tertiary/aromatic N) is 1. The lowest BCUT2D eigenvalue weighted by Gasteiger charge is -2.29. The summed E-state index contributed by atoms with van der Waals surface area (Å²) in [5, 5.41) is 5.07. The minimum atomic E-state index is 1.12. The lowest BCUT2D eigenvalue weighted by Crippen LogP contribution is -2.11. The Morgan fingerprint density at radius 1 is 0.354 bits per heavy atom. The van der Waals surface area contributed by atoms with Gasteiger partial charge in [0.2, 0.25) is 0 Å². The smallest absolute Gasteiger partial charge is 0.0555 e. The summed E-state index contributed by atoms with van der Waals surface area (Å²) in [5.41, 5.74) is 10.7. The van der Waals surface area contributed by atoms with Crippen LogP contribution in [0, 0.1) is 0 Å². The van der Waals surface area contributed by atoms with Crippen molar-refractivity contribution in [3.8, 4) is 33.4 Å². The van der Waals surface area contributed by atoms with Crippen molar-refractivity contribution in [2.24, 2.45) is 0 Å². The minimum absolute atomic E-state index is 1.12. The second kappa shape index (κ2) is 12.0. The van der Waals surface area contributed by atoms with Crippen molar-refractivity contribution in [3.63, 3.8) is 0 Å². The minimum Gasteiger partial charge on any atom is -0.309 e. The monoisotopic (exact) mass is 629 g/mol. The van der Waals surface area contributed by atoms with Crippen molar-refractivity contribution in [2.45, 2.75) is 0 Å². The number of fused-ring (bicyclic) bond motifs is 4. The van der Waals surface area contributed by atoms with Crippen LogP contribution >= 0.6 is 11.3 Å². The fourth-order valence-electron chi connectivity index (χ4n) is 7.03. The van der Waals surface area contributed by atoms with Crippen LogP contribution in [0.2, 0.25) is 0 Å². The van der Waals surface area contributed by atoms with Gasteiger partial charge in [0.05, 0.1) is 11.4 Å². The van der Waals surface area contributed by atoms with Gasteiger partial charge >= 0.3 is 0 Å². The van der Waals surface area contributed by atoms with E-state index in [0.29, 0.717) is 0 Å². The van der Waals surface area contributed by atoms with E-state index in [4.69, 9.17) is 0 Å². The molecular formula is C46H31NS. The first-order valence-corrected chi connectivity index (χ1v) is 17.2.